The summed E-state index contributed by atoms with van der Waals surface area (Å²) >= 11 is 1.47. The predicted octanol–water partition coefficient (Wildman–Crippen LogP) is 3.91. The summed E-state index contributed by atoms with van der Waals surface area (Å²) in [5, 5.41) is 12.9. The van der Waals surface area contributed by atoms with Crippen molar-refractivity contribution in [3.8, 4) is 5.75 Å². The average molecular weight is 429 g/mol. The monoisotopic (exact) mass is 428 g/mol. The molecular weight excluding hydrogens is 400 g/mol. The van der Waals surface area contributed by atoms with Gasteiger partial charge in [0.05, 0.1) is 18.2 Å². The first-order chi connectivity index (χ1) is 14.4. The predicted molar refractivity (Wildman–Crippen MR) is 119 cm³/mol. The number of aliphatic hydroxyl groups is 1. The minimum atomic E-state index is -0.645. The fourth-order valence-electron chi connectivity index (χ4n) is 3.36. The molecule has 3 rings (SSSR count). The lowest BCUT2D eigenvalue weighted by Gasteiger charge is -2.25. The van der Waals surface area contributed by atoms with E-state index in [0.29, 0.717) is 31.0 Å². The summed E-state index contributed by atoms with van der Waals surface area (Å²) in [4.78, 5) is 30.0. The standard InChI is InChI=1S/C23H28N2O4S/c1-4-5-14-29-17-10-8-16(9-11-17)21(26)19-20(18-7-6-15-30-18)25(13-12-24(2)3)23(28)22(19)27/h6-11,15,20,26H,4-5,12-14H2,1-3H3/b21-19+. The van der Waals surface area contributed by atoms with Crippen LogP contribution in [0.5, 0.6) is 5.75 Å². The zero-order valence-electron chi connectivity index (χ0n) is 17.6. The minimum absolute atomic E-state index is 0.140. The molecule has 1 atom stereocenters. The number of unbranched alkanes of at least 4 members (excludes halogenated alkanes) is 1. The van der Waals surface area contributed by atoms with Crippen molar-refractivity contribution in [2.45, 2.75) is 25.8 Å². The van der Waals surface area contributed by atoms with Crippen LogP contribution >= 0.6 is 11.3 Å². The number of ketones is 1. The number of likely N-dealkylation sites (tertiary alicyclic amines) is 1. The van der Waals surface area contributed by atoms with E-state index in [1.807, 2.05) is 36.5 Å². The molecule has 0 bridgehead atoms. The molecule has 0 radical (unpaired) electrons. The van der Waals surface area contributed by atoms with Gasteiger partial charge in [-0.2, -0.15) is 0 Å². The number of ether oxygens (including phenoxy) is 1. The van der Waals surface area contributed by atoms with E-state index in [1.54, 1.807) is 29.2 Å². The second kappa shape index (κ2) is 9.91. The Hall–Kier alpha value is -2.64. The number of amides is 1. The zero-order valence-corrected chi connectivity index (χ0v) is 18.4. The molecule has 6 nitrogen and oxygen atoms in total. The van der Waals surface area contributed by atoms with Crippen molar-refractivity contribution in [3.63, 3.8) is 0 Å². The summed E-state index contributed by atoms with van der Waals surface area (Å²) < 4.78 is 5.67. The Bertz CT molecular complexity index is 904. The van der Waals surface area contributed by atoms with E-state index >= 15 is 0 Å². The minimum Gasteiger partial charge on any atom is -0.507 e. The van der Waals surface area contributed by atoms with E-state index in [-0.39, 0.29) is 11.3 Å². The highest BCUT2D eigenvalue weighted by molar-refractivity contribution is 7.10. The quantitative estimate of drug-likeness (QED) is 0.284. The Balaban J connectivity index is 1.95. The number of rotatable bonds is 9. The fraction of sp³-hybridized carbons (Fsp3) is 0.391. The van der Waals surface area contributed by atoms with Gasteiger partial charge in [0.25, 0.3) is 11.7 Å². The largest absolute Gasteiger partial charge is 0.507 e. The number of benzene rings is 1. The summed E-state index contributed by atoms with van der Waals surface area (Å²) in [5.74, 6) is -0.662. The number of hydrogen-bond acceptors (Lipinski definition) is 6. The van der Waals surface area contributed by atoms with Crippen LogP contribution in [-0.2, 0) is 9.59 Å². The molecule has 1 aliphatic heterocycles. The van der Waals surface area contributed by atoms with Crippen LogP contribution in [0.25, 0.3) is 5.76 Å². The van der Waals surface area contributed by atoms with Gasteiger partial charge in [-0.3, -0.25) is 9.59 Å². The van der Waals surface area contributed by atoms with Crippen molar-refractivity contribution in [1.82, 2.24) is 9.80 Å². The number of aliphatic hydroxyl groups excluding tert-OH is 1. The third kappa shape index (κ3) is 4.74. The SMILES string of the molecule is CCCCOc1ccc(/C(O)=C2\C(=O)C(=O)N(CCN(C)C)C2c2cccs2)cc1. The van der Waals surface area contributed by atoms with Crippen LogP contribution in [0, 0.1) is 0 Å². The van der Waals surface area contributed by atoms with Gasteiger partial charge in [-0.1, -0.05) is 19.4 Å². The lowest BCUT2D eigenvalue weighted by atomic mass is 10.00. The molecule has 7 heteroatoms. The van der Waals surface area contributed by atoms with Gasteiger partial charge in [0.1, 0.15) is 11.5 Å². The van der Waals surface area contributed by atoms with Gasteiger partial charge in [0.15, 0.2) is 0 Å². The van der Waals surface area contributed by atoms with E-state index in [1.165, 1.54) is 11.3 Å². The Morgan fingerprint density at radius 2 is 1.93 bits per heavy atom. The highest BCUT2D eigenvalue weighted by atomic mass is 32.1. The molecule has 1 fully saturated rings. The van der Waals surface area contributed by atoms with Crippen LogP contribution in [-0.4, -0.2) is 60.4 Å². The molecule has 160 valence electrons. The van der Waals surface area contributed by atoms with E-state index in [2.05, 4.69) is 6.92 Å². The van der Waals surface area contributed by atoms with Gasteiger partial charge in [0, 0.05) is 23.5 Å². The van der Waals surface area contributed by atoms with Crippen molar-refractivity contribution in [2.75, 3.05) is 33.8 Å². The maximum absolute atomic E-state index is 12.9. The lowest BCUT2D eigenvalue weighted by Crippen LogP contribution is -2.35. The smallest absolute Gasteiger partial charge is 0.295 e. The molecule has 1 N–H and O–H groups in total. The van der Waals surface area contributed by atoms with E-state index in [9.17, 15) is 14.7 Å². The van der Waals surface area contributed by atoms with Crippen molar-refractivity contribution in [2.24, 2.45) is 0 Å². The molecule has 0 aliphatic carbocycles. The molecule has 0 spiro atoms. The van der Waals surface area contributed by atoms with Crippen molar-refractivity contribution < 1.29 is 19.4 Å². The van der Waals surface area contributed by atoms with Gasteiger partial charge in [-0.25, -0.2) is 0 Å². The van der Waals surface area contributed by atoms with Crippen molar-refractivity contribution in [3.05, 3.63) is 57.8 Å². The number of hydrogen-bond donors (Lipinski definition) is 1. The van der Waals surface area contributed by atoms with Crippen LogP contribution in [0.4, 0.5) is 0 Å². The lowest BCUT2D eigenvalue weighted by molar-refractivity contribution is -0.140. The highest BCUT2D eigenvalue weighted by Gasteiger charge is 2.46. The Labute approximate surface area is 181 Å². The van der Waals surface area contributed by atoms with Gasteiger partial charge in [-0.15, -0.1) is 11.3 Å². The van der Waals surface area contributed by atoms with E-state index in [0.717, 1.165) is 17.7 Å². The molecule has 30 heavy (non-hydrogen) atoms. The molecular formula is C23H28N2O4S. The van der Waals surface area contributed by atoms with Crippen LogP contribution in [0.15, 0.2) is 47.4 Å². The number of nitrogens with zero attached hydrogens (tertiary/aromatic N) is 2. The molecule has 1 saturated heterocycles. The van der Waals surface area contributed by atoms with Gasteiger partial charge < -0.3 is 19.6 Å². The molecule has 1 amide bonds. The van der Waals surface area contributed by atoms with Crippen LogP contribution in [0.3, 0.4) is 0 Å². The molecule has 1 aromatic carbocycles. The van der Waals surface area contributed by atoms with Crippen LogP contribution < -0.4 is 4.74 Å². The zero-order chi connectivity index (χ0) is 21.7. The third-order valence-corrected chi connectivity index (χ3v) is 5.96. The second-order valence-electron chi connectivity index (χ2n) is 7.54. The van der Waals surface area contributed by atoms with Gasteiger partial charge in [-0.05, 0) is 56.2 Å². The number of likely N-dealkylation sites (N-methyl/N-ethyl adjacent to an activating group) is 1. The van der Waals surface area contributed by atoms with Crippen LogP contribution in [0.1, 0.15) is 36.2 Å². The average Bonchev–Trinajstić information content (AvgIpc) is 3.34. The first-order valence-electron chi connectivity index (χ1n) is 10.1. The molecule has 1 aromatic heterocycles. The van der Waals surface area contributed by atoms with E-state index < -0.39 is 17.7 Å². The highest BCUT2D eigenvalue weighted by Crippen LogP contribution is 2.41. The summed E-state index contributed by atoms with van der Waals surface area (Å²) in [5.41, 5.74) is 0.630. The fourth-order valence-corrected chi connectivity index (χ4v) is 4.21. The first kappa shape index (κ1) is 22.1. The summed E-state index contributed by atoms with van der Waals surface area (Å²) in [6, 6.07) is 10.2. The Morgan fingerprint density at radius 3 is 2.53 bits per heavy atom. The number of carbonyl (C=O) groups excluding carboxylic acids is 2. The summed E-state index contributed by atoms with van der Waals surface area (Å²) in [6.07, 6.45) is 2.02. The molecule has 2 heterocycles. The van der Waals surface area contributed by atoms with Gasteiger partial charge >= 0.3 is 0 Å². The Kier molecular flexibility index (Phi) is 7.29. The Morgan fingerprint density at radius 1 is 1.20 bits per heavy atom. The third-order valence-electron chi connectivity index (χ3n) is 5.04. The molecule has 1 unspecified atom stereocenters. The second-order valence-corrected chi connectivity index (χ2v) is 8.52. The van der Waals surface area contributed by atoms with Crippen molar-refractivity contribution >= 4 is 28.8 Å². The van der Waals surface area contributed by atoms with Crippen LogP contribution in [0.2, 0.25) is 0 Å². The van der Waals surface area contributed by atoms with Crippen molar-refractivity contribution in [1.29, 1.82) is 0 Å². The number of thiophene rings is 1. The topological polar surface area (TPSA) is 70.1 Å². The summed E-state index contributed by atoms with van der Waals surface area (Å²) in [7, 11) is 3.84. The molecule has 2 aromatic rings. The number of Topliss-reactive ketones (excluding diaryl/α,β-unsaturated/α-hetero) is 1. The van der Waals surface area contributed by atoms with Gasteiger partial charge in [0.2, 0.25) is 0 Å². The maximum Gasteiger partial charge on any atom is 0.295 e. The first-order valence-corrected chi connectivity index (χ1v) is 11.0. The summed E-state index contributed by atoms with van der Waals surface area (Å²) in [6.45, 7) is 3.76. The molecule has 0 saturated carbocycles. The number of carbonyl (C=O) groups is 2. The molecule has 1 aliphatic rings. The normalized spacial score (nSPS) is 18.4. The maximum atomic E-state index is 12.9. The van der Waals surface area contributed by atoms with E-state index in [4.69, 9.17) is 4.74 Å².